The predicted octanol–water partition coefficient (Wildman–Crippen LogP) is 7.13. The van der Waals surface area contributed by atoms with Gasteiger partial charge in [0.1, 0.15) is 0 Å². The first kappa shape index (κ1) is 24.7. The molecule has 0 atom stereocenters. The van der Waals surface area contributed by atoms with Crippen LogP contribution < -0.4 is 5.56 Å². The highest BCUT2D eigenvalue weighted by molar-refractivity contribution is 9.10. The van der Waals surface area contributed by atoms with E-state index in [0.717, 1.165) is 43.9 Å². The van der Waals surface area contributed by atoms with Crippen LogP contribution in [0.4, 0.5) is 13.2 Å². The van der Waals surface area contributed by atoms with Crippen LogP contribution in [0.3, 0.4) is 0 Å². The van der Waals surface area contributed by atoms with E-state index in [9.17, 15) is 18.0 Å². The van der Waals surface area contributed by atoms with E-state index >= 15 is 0 Å². The summed E-state index contributed by atoms with van der Waals surface area (Å²) in [5.74, 6) is 0.0202. The maximum Gasteiger partial charge on any atom is 0.416 e. The second kappa shape index (κ2) is 9.48. The normalized spacial score (nSPS) is 12.1. The summed E-state index contributed by atoms with van der Waals surface area (Å²) >= 11 is 3.50. The first-order valence-electron chi connectivity index (χ1n) is 11.3. The van der Waals surface area contributed by atoms with E-state index in [1.807, 2.05) is 44.2 Å². The Hall–Kier alpha value is -3.98. The fraction of sp³-hybridized carbons (Fsp3) is 0.107. The number of fused-ring (bicyclic) bond motifs is 1. The molecule has 0 radical (unpaired) electrons. The highest BCUT2D eigenvalue weighted by Gasteiger charge is 2.31. The van der Waals surface area contributed by atoms with Crippen molar-refractivity contribution in [2.45, 2.75) is 20.0 Å². The van der Waals surface area contributed by atoms with E-state index in [1.54, 1.807) is 24.3 Å². The molecule has 0 aliphatic rings. The van der Waals surface area contributed by atoms with Gasteiger partial charge in [0.05, 0.1) is 22.7 Å². The molecule has 0 aliphatic heterocycles. The number of aryl methyl sites for hydroxylation is 1. The fourth-order valence-electron chi connectivity index (χ4n) is 4.30. The summed E-state index contributed by atoms with van der Waals surface area (Å²) in [5, 5.41) is 4.75. The molecule has 0 aliphatic carbocycles. The zero-order chi connectivity index (χ0) is 26.3. The quantitative estimate of drug-likeness (QED) is 0.218. The van der Waals surface area contributed by atoms with Gasteiger partial charge in [0.2, 0.25) is 0 Å². The molecule has 3 aromatic carbocycles. The van der Waals surface area contributed by atoms with Gasteiger partial charge in [-0.1, -0.05) is 46.3 Å². The highest BCUT2D eigenvalue weighted by atomic mass is 79.9. The van der Waals surface area contributed by atoms with E-state index in [2.05, 4.69) is 30.6 Å². The van der Waals surface area contributed by atoms with Crippen LogP contribution in [-0.4, -0.2) is 20.4 Å². The number of aromatic nitrogens is 3. The van der Waals surface area contributed by atoms with Crippen LogP contribution in [0.5, 0.6) is 0 Å². The zero-order valence-corrected chi connectivity index (χ0v) is 21.4. The van der Waals surface area contributed by atoms with Gasteiger partial charge in [0, 0.05) is 32.7 Å². The lowest BCUT2D eigenvalue weighted by Crippen LogP contribution is -2.20. The minimum atomic E-state index is -4.54. The van der Waals surface area contributed by atoms with Crippen LogP contribution >= 0.6 is 15.9 Å². The monoisotopic (exact) mass is 564 g/mol. The van der Waals surface area contributed by atoms with Crippen molar-refractivity contribution in [3.05, 3.63) is 116 Å². The van der Waals surface area contributed by atoms with Gasteiger partial charge < -0.3 is 4.57 Å². The van der Waals surface area contributed by atoms with Crippen molar-refractivity contribution in [2.24, 2.45) is 5.10 Å². The molecule has 0 saturated carbocycles. The molecule has 2 heterocycles. The molecule has 2 aromatic heterocycles. The lowest BCUT2D eigenvalue weighted by atomic mass is 10.1. The number of para-hydroxylation sites is 1. The van der Waals surface area contributed by atoms with Gasteiger partial charge in [-0.05, 0) is 62.4 Å². The summed E-state index contributed by atoms with van der Waals surface area (Å²) in [7, 11) is 0. The van der Waals surface area contributed by atoms with Crippen LogP contribution in [0.15, 0.2) is 93.2 Å². The summed E-state index contributed by atoms with van der Waals surface area (Å²) in [5.41, 5.74) is 2.76. The first-order chi connectivity index (χ1) is 17.6. The summed E-state index contributed by atoms with van der Waals surface area (Å²) in [4.78, 5) is 17.9. The number of halogens is 4. The summed E-state index contributed by atoms with van der Waals surface area (Å²) in [6.45, 7) is 3.90. The van der Waals surface area contributed by atoms with Crippen molar-refractivity contribution in [2.75, 3.05) is 0 Å². The summed E-state index contributed by atoms with van der Waals surface area (Å²) in [6.07, 6.45) is -3.00. The molecule has 186 valence electrons. The van der Waals surface area contributed by atoms with E-state index in [0.29, 0.717) is 10.9 Å². The number of hydrogen-bond donors (Lipinski definition) is 0. The van der Waals surface area contributed by atoms with Crippen molar-refractivity contribution in [1.82, 2.24) is 14.2 Å². The summed E-state index contributed by atoms with van der Waals surface area (Å²) in [6, 6.07) is 21.2. The molecule has 0 bridgehead atoms. The third kappa shape index (κ3) is 4.74. The van der Waals surface area contributed by atoms with Gasteiger partial charge in [0.15, 0.2) is 5.82 Å². The molecule has 5 nitrogen and oxygen atoms in total. The number of nitrogens with zero attached hydrogens (tertiary/aromatic N) is 4. The van der Waals surface area contributed by atoms with Crippen molar-refractivity contribution >= 4 is 33.0 Å². The Morgan fingerprint density at radius 2 is 1.70 bits per heavy atom. The Labute approximate surface area is 218 Å². The topological polar surface area (TPSA) is 52.2 Å². The van der Waals surface area contributed by atoms with Crippen molar-refractivity contribution in [3.8, 4) is 17.1 Å². The van der Waals surface area contributed by atoms with Crippen LogP contribution in [0.25, 0.3) is 28.0 Å². The lowest BCUT2D eigenvalue weighted by molar-refractivity contribution is -0.137. The Morgan fingerprint density at radius 3 is 2.46 bits per heavy atom. The number of benzene rings is 3. The minimum absolute atomic E-state index is 0.0202. The van der Waals surface area contributed by atoms with Crippen LogP contribution in [-0.2, 0) is 6.18 Å². The van der Waals surface area contributed by atoms with Gasteiger partial charge in [-0.2, -0.15) is 22.9 Å². The molecule has 0 unspecified atom stereocenters. The highest BCUT2D eigenvalue weighted by Crippen LogP contribution is 2.32. The number of hydrogen-bond acceptors (Lipinski definition) is 3. The molecule has 0 spiro atoms. The van der Waals surface area contributed by atoms with Crippen molar-refractivity contribution in [3.63, 3.8) is 0 Å². The molecular weight excluding hydrogens is 545 g/mol. The second-order valence-electron chi connectivity index (χ2n) is 8.53. The second-order valence-corrected chi connectivity index (χ2v) is 9.45. The van der Waals surface area contributed by atoms with E-state index in [4.69, 9.17) is 0 Å². The molecular formula is C28H20BrF3N4O. The molecule has 5 aromatic rings. The zero-order valence-electron chi connectivity index (χ0n) is 19.8. The Kier molecular flexibility index (Phi) is 6.33. The maximum absolute atomic E-state index is 13.4. The third-order valence-electron chi connectivity index (χ3n) is 6.05. The fourth-order valence-corrected chi connectivity index (χ4v) is 4.69. The third-order valence-corrected chi connectivity index (χ3v) is 6.54. The van der Waals surface area contributed by atoms with Crippen molar-refractivity contribution in [1.29, 1.82) is 0 Å². The Morgan fingerprint density at radius 1 is 0.946 bits per heavy atom. The average Bonchev–Trinajstić information content (AvgIpc) is 3.15. The Bertz CT molecular complexity index is 1730. The van der Waals surface area contributed by atoms with Gasteiger partial charge >= 0.3 is 6.18 Å². The standard InChI is InChI=1S/C28H20BrF3N4O/c1-17-13-20(18(2)35(17)23-10-6-9-22(29)15-23)16-33-36-26(19-7-5-8-21(14-19)28(30,31)32)34-25-12-4-3-11-24(25)27(36)37/h3-16H,1-2H3. The maximum atomic E-state index is 13.4. The van der Waals surface area contributed by atoms with E-state index in [1.165, 1.54) is 18.3 Å². The minimum Gasteiger partial charge on any atom is -0.318 e. The Balaban J connectivity index is 1.67. The summed E-state index contributed by atoms with van der Waals surface area (Å²) < 4.78 is 44.3. The molecule has 0 amide bonds. The SMILES string of the molecule is Cc1cc(C=Nn2c(-c3cccc(C(F)(F)F)c3)nc3ccccc3c2=O)c(C)n1-c1cccc(Br)c1. The number of rotatable bonds is 4. The number of alkyl halides is 3. The predicted molar refractivity (Wildman–Crippen MR) is 142 cm³/mol. The van der Waals surface area contributed by atoms with E-state index < -0.39 is 17.3 Å². The molecule has 0 N–H and O–H groups in total. The average molecular weight is 565 g/mol. The molecule has 0 saturated heterocycles. The van der Waals surface area contributed by atoms with Gasteiger partial charge in [0.25, 0.3) is 5.56 Å². The van der Waals surface area contributed by atoms with Crippen LogP contribution in [0, 0.1) is 13.8 Å². The lowest BCUT2D eigenvalue weighted by Gasteiger charge is -2.12. The van der Waals surface area contributed by atoms with Gasteiger partial charge in [-0.3, -0.25) is 4.79 Å². The molecule has 0 fully saturated rings. The van der Waals surface area contributed by atoms with Gasteiger partial charge in [-0.25, -0.2) is 4.98 Å². The molecule has 9 heteroatoms. The largest absolute Gasteiger partial charge is 0.416 e. The van der Waals surface area contributed by atoms with Crippen LogP contribution in [0.1, 0.15) is 22.5 Å². The van der Waals surface area contributed by atoms with Gasteiger partial charge in [-0.15, -0.1) is 0 Å². The van der Waals surface area contributed by atoms with E-state index in [-0.39, 0.29) is 11.4 Å². The first-order valence-corrected chi connectivity index (χ1v) is 12.1. The smallest absolute Gasteiger partial charge is 0.318 e. The van der Waals surface area contributed by atoms with Crippen LogP contribution in [0.2, 0.25) is 0 Å². The van der Waals surface area contributed by atoms with Crippen molar-refractivity contribution < 1.29 is 13.2 Å². The molecule has 5 rings (SSSR count). The molecule has 37 heavy (non-hydrogen) atoms.